The van der Waals surface area contributed by atoms with Crippen molar-refractivity contribution in [1.82, 2.24) is 4.72 Å². The largest absolute Gasteiger partial charge is 0.478 e. The van der Waals surface area contributed by atoms with Crippen molar-refractivity contribution in [3.8, 4) is 0 Å². The number of thiophene rings is 1. The normalized spacial score (nSPS) is 14.4. The third kappa shape index (κ3) is 7.33. The van der Waals surface area contributed by atoms with Crippen LogP contribution in [-0.2, 0) is 35.7 Å². The Kier molecular flexibility index (Phi) is 8.84. The molecule has 0 radical (unpaired) electrons. The van der Waals surface area contributed by atoms with Gasteiger partial charge in [-0.05, 0) is 111 Å². The number of carbonyl (C=O) groups is 3. The van der Waals surface area contributed by atoms with E-state index >= 15 is 0 Å². The van der Waals surface area contributed by atoms with Gasteiger partial charge in [0.25, 0.3) is 11.8 Å². The van der Waals surface area contributed by atoms with Crippen LogP contribution in [0.2, 0.25) is 0 Å². The van der Waals surface area contributed by atoms with E-state index in [0.29, 0.717) is 16.3 Å². The lowest BCUT2D eigenvalue weighted by Gasteiger charge is -2.14. The second-order valence-corrected chi connectivity index (χ2v) is 14.3. The Labute approximate surface area is 265 Å². The highest BCUT2D eigenvalue weighted by Gasteiger charge is 2.29. The lowest BCUT2D eigenvalue weighted by atomic mass is 9.95. The molecule has 0 unspecified atom stereocenters. The van der Waals surface area contributed by atoms with Gasteiger partial charge < -0.3 is 15.7 Å². The van der Waals surface area contributed by atoms with Crippen molar-refractivity contribution in [2.45, 2.75) is 62.3 Å². The molecule has 11 heteroatoms. The van der Waals surface area contributed by atoms with Crippen LogP contribution in [0.5, 0.6) is 0 Å². The number of hydrogen-bond donors (Lipinski definition) is 4. The van der Waals surface area contributed by atoms with Gasteiger partial charge in [-0.2, -0.15) is 0 Å². The Morgan fingerprint density at radius 1 is 0.800 bits per heavy atom. The lowest BCUT2D eigenvalue weighted by molar-refractivity contribution is 0.0696. The molecule has 9 nitrogen and oxygen atoms in total. The van der Waals surface area contributed by atoms with Gasteiger partial charge in [0.05, 0.1) is 16.0 Å². The molecule has 45 heavy (non-hydrogen) atoms. The molecule has 6 rings (SSSR count). The third-order valence-corrected chi connectivity index (χ3v) is 10.8. The summed E-state index contributed by atoms with van der Waals surface area (Å²) in [5, 5.41) is 15.4. The quantitative estimate of drug-likeness (QED) is 0.157. The number of carboxylic acids is 1. The minimum absolute atomic E-state index is 0.0324. The molecule has 4 aromatic rings. The average Bonchev–Trinajstić information content (AvgIpc) is 3.77. The van der Waals surface area contributed by atoms with Crippen LogP contribution in [0.1, 0.15) is 78.3 Å². The number of carboxylic acid groups (broad SMARTS) is 1. The number of benzene rings is 3. The fourth-order valence-electron chi connectivity index (χ4n) is 5.41. The molecule has 1 heterocycles. The van der Waals surface area contributed by atoms with E-state index < -0.39 is 21.9 Å². The van der Waals surface area contributed by atoms with Crippen molar-refractivity contribution in [2.24, 2.45) is 0 Å². The van der Waals surface area contributed by atoms with E-state index in [1.165, 1.54) is 23.5 Å². The summed E-state index contributed by atoms with van der Waals surface area (Å²) in [5.74, 6) is -1.73. The van der Waals surface area contributed by atoms with Crippen molar-refractivity contribution in [3.05, 3.63) is 111 Å². The van der Waals surface area contributed by atoms with E-state index in [9.17, 15) is 22.8 Å². The van der Waals surface area contributed by atoms with Gasteiger partial charge in [-0.25, -0.2) is 17.9 Å². The minimum atomic E-state index is -3.72. The van der Waals surface area contributed by atoms with Crippen LogP contribution in [0.3, 0.4) is 0 Å². The summed E-state index contributed by atoms with van der Waals surface area (Å²) in [6.07, 6.45) is 6.69. The number of aryl methyl sites for hydroxylation is 3. The third-order valence-electron chi connectivity index (χ3n) is 8.05. The number of carbonyl (C=O) groups excluding carboxylic acids is 2. The Bertz CT molecular complexity index is 1860. The predicted octanol–water partition coefficient (Wildman–Crippen LogP) is 6.06. The van der Waals surface area contributed by atoms with E-state index in [4.69, 9.17) is 5.11 Å². The number of rotatable bonds is 11. The topological polar surface area (TPSA) is 142 Å². The van der Waals surface area contributed by atoms with Crippen molar-refractivity contribution < 1.29 is 27.9 Å². The molecule has 2 amide bonds. The maximum Gasteiger partial charge on any atom is 0.335 e. The van der Waals surface area contributed by atoms with Crippen LogP contribution < -0.4 is 15.4 Å². The number of sulfonamides is 1. The molecule has 232 valence electrons. The van der Waals surface area contributed by atoms with E-state index in [1.807, 2.05) is 36.4 Å². The molecular weight excluding hydrogens is 611 g/mol. The first-order valence-corrected chi connectivity index (χ1v) is 17.3. The van der Waals surface area contributed by atoms with Gasteiger partial charge in [0.15, 0.2) is 0 Å². The Morgan fingerprint density at radius 2 is 1.47 bits per heavy atom. The van der Waals surface area contributed by atoms with E-state index in [1.54, 1.807) is 24.3 Å². The van der Waals surface area contributed by atoms with Crippen LogP contribution >= 0.6 is 11.3 Å². The van der Waals surface area contributed by atoms with Crippen molar-refractivity contribution in [3.63, 3.8) is 0 Å². The first-order valence-electron chi connectivity index (χ1n) is 15.0. The summed E-state index contributed by atoms with van der Waals surface area (Å²) >= 11 is 1.40. The van der Waals surface area contributed by atoms with Crippen LogP contribution in [-0.4, -0.2) is 37.3 Å². The highest BCUT2D eigenvalue weighted by molar-refractivity contribution is 7.89. The Hall–Kier alpha value is -4.32. The van der Waals surface area contributed by atoms with Crippen molar-refractivity contribution in [2.75, 3.05) is 10.6 Å². The maximum absolute atomic E-state index is 13.7. The van der Waals surface area contributed by atoms with Crippen LogP contribution in [0.25, 0.3) is 0 Å². The summed E-state index contributed by atoms with van der Waals surface area (Å²) in [6, 6.07) is 20.3. The highest BCUT2D eigenvalue weighted by Crippen LogP contribution is 2.39. The number of amides is 2. The fourth-order valence-corrected chi connectivity index (χ4v) is 8.05. The average molecular weight is 644 g/mol. The molecule has 0 spiro atoms. The molecule has 0 saturated heterocycles. The molecule has 1 saturated carbocycles. The maximum atomic E-state index is 13.7. The molecule has 0 atom stereocenters. The second-order valence-electron chi connectivity index (χ2n) is 11.4. The van der Waals surface area contributed by atoms with Crippen molar-refractivity contribution in [1.29, 1.82) is 0 Å². The molecule has 0 bridgehead atoms. The van der Waals surface area contributed by atoms with E-state index in [2.05, 4.69) is 15.4 Å². The lowest BCUT2D eigenvalue weighted by Crippen LogP contribution is -2.26. The van der Waals surface area contributed by atoms with Gasteiger partial charge in [0, 0.05) is 22.2 Å². The zero-order valence-corrected chi connectivity index (χ0v) is 26.1. The standard InChI is InChI=1S/C34H33N3O6S2/c38-31(24-4-3-5-27(20-24)45(42,43)37-26-18-19-26)36-33-30(28-6-1-2-7-29(28)44-33)32(39)35-25-16-12-22(13-17-25)9-8-21-10-14-23(15-11-21)34(40)41/h3-5,10-17,20,26,37H,1-2,6-9,18-19H2,(H,35,39)(H,36,38)(H,40,41). The smallest absolute Gasteiger partial charge is 0.335 e. The number of hydrogen-bond acceptors (Lipinski definition) is 6. The van der Waals surface area contributed by atoms with Crippen LogP contribution in [0.4, 0.5) is 10.7 Å². The summed E-state index contributed by atoms with van der Waals surface area (Å²) in [5.41, 5.74) is 4.61. The first-order chi connectivity index (χ1) is 21.7. The first kappa shape index (κ1) is 30.7. The molecule has 2 aliphatic carbocycles. The van der Waals surface area contributed by atoms with Crippen molar-refractivity contribution >= 4 is 49.8 Å². The van der Waals surface area contributed by atoms with Gasteiger partial charge in [0.2, 0.25) is 10.0 Å². The number of anilines is 2. The Balaban J connectivity index is 1.15. The predicted molar refractivity (Wildman–Crippen MR) is 174 cm³/mol. The number of nitrogens with one attached hydrogen (secondary N) is 3. The summed E-state index contributed by atoms with van der Waals surface area (Å²) in [7, 11) is -3.72. The van der Waals surface area contributed by atoms with Crippen LogP contribution in [0, 0.1) is 0 Å². The second kappa shape index (κ2) is 13.0. The van der Waals surface area contributed by atoms with E-state index in [0.717, 1.165) is 72.9 Å². The molecule has 0 aliphatic heterocycles. The summed E-state index contributed by atoms with van der Waals surface area (Å²) < 4.78 is 28.1. The molecule has 4 N–H and O–H groups in total. The molecular formula is C34H33N3O6S2. The van der Waals surface area contributed by atoms with Gasteiger partial charge in [-0.3, -0.25) is 9.59 Å². The highest BCUT2D eigenvalue weighted by atomic mass is 32.2. The summed E-state index contributed by atoms with van der Waals surface area (Å²) in [6.45, 7) is 0. The monoisotopic (exact) mass is 643 g/mol. The zero-order chi connectivity index (χ0) is 31.6. The molecule has 3 aromatic carbocycles. The van der Waals surface area contributed by atoms with Gasteiger partial charge >= 0.3 is 5.97 Å². The molecule has 1 fully saturated rings. The minimum Gasteiger partial charge on any atom is -0.478 e. The van der Waals surface area contributed by atoms with Gasteiger partial charge in [0.1, 0.15) is 5.00 Å². The number of aromatic carboxylic acids is 1. The molecule has 2 aliphatic rings. The van der Waals surface area contributed by atoms with Crippen LogP contribution in [0.15, 0.2) is 77.7 Å². The number of fused-ring (bicyclic) bond motifs is 1. The fraction of sp³-hybridized carbons (Fsp3) is 0.265. The van der Waals surface area contributed by atoms with Gasteiger partial charge in [-0.1, -0.05) is 30.3 Å². The van der Waals surface area contributed by atoms with Gasteiger partial charge in [-0.15, -0.1) is 11.3 Å². The zero-order valence-electron chi connectivity index (χ0n) is 24.5. The van der Waals surface area contributed by atoms with E-state index in [-0.39, 0.29) is 28.0 Å². The summed E-state index contributed by atoms with van der Waals surface area (Å²) in [4.78, 5) is 39.2. The Morgan fingerprint density at radius 3 is 2.13 bits per heavy atom. The SMILES string of the molecule is O=C(O)c1ccc(CCc2ccc(NC(=O)c3c(NC(=O)c4cccc(S(=O)(=O)NC5CC5)c4)sc4c3CCCC4)cc2)cc1. The molecule has 1 aromatic heterocycles.